The molecule has 0 aromatic heterocycles. The van der Waals surface area contributed by atoms with E-state index in [0.29, 0.717) is 11.1 Å². The summed E-state index contributed by atoms with van der Waals surface area (Å²) in [5.74, 6) is -2.85. The van der Waals surface area contributed by atoms with E-state index in [-0.39, 0.29) is 0 Å². The van der Waals surface area contributed by atoms with Crippen LogP contribution in [-0.2, 0) is 6.42 Å². The Morgan fingerprint density at radius 1 is 0.923 bits per heavy atom. The molecule has 0 atom stereocenters. The molecule has 1 fully saturated rings. The van der Waals surface area contributed by atoms with Crippen molar-refractivity contribution in [2.75, 3.05) is 0 Å². The lowest BCUT2D eigenvalue weighted by Crippen LogP contribution is -2.21. The number of hydrogen-bond donors (Lipinski definition) is 0. The van der Waals surface area contributed by atoms with Gasteiger partial charge in [0.15, 0.2) is 17.5 Å². The fraction of sp³-hybridized carbons (Fsp3) is 0.455. The summed E-state index contributed by atoms with van der Waals surface area (Å²) in [5, 5.41) is 0. The molecular weight excluding hydrogens is 349 g/mol. The van der Waals surface area contributed by atoms with Gasteiger partial charge in [0.1, 0.15) is 0 Å². The Kier molecular flexibility index (Phi) is 6.57. The van der Waals surface area contributed by atoms with E-state index < -0.39 is 26.2 Å². The normalized spacial score (nSPS) is 20.3. The first-order valence-electron chi connectivity index (χ1n) is 9.80. The zero-order chi connectivity index (χ0) is 18.5. The fourth-order valence-electron chi connectivity index (χ4n) is 4.17. The molecule has 1 aliphatic heterocycles. The molecule has 0 saturated carbocycles. The van der Waals surface area contributed by atoms with Crippen molar-refractivity contribution in [3.63, 3.8) is 0 Å². The van der Waals surface area contributed by atoms with Crippen LogP contribution in [0.25, 0.3) is 11.1 Å². The predicted molar refractivity (Wildman–Crippen MR) is 105 cm³/mol. The van der Waals surface area contributed by atoms with Crippen LogP contribution in [0.2, 0.25) is 18.1 Å². The highest BCUT2D eigenvalue weighted by Gasteiger charge is 2.21. The Bertz CT molecular complexity index is 696. The molecule has 0 nitrogen and oxygen atoms in total. The Balaban J connectivity index is 1.55. The summed E-state index contributed by atoms with van der Waals surface area (Å²) < 4.78 is 39.9. The van der Waals surface area contributed by atoms with E-state index in [9.17, 15) is 13.2 Å². The number of halogens is 3. The molecule has 0 amide bonds. The molecule has 4 heteroatoms. The minimum absolute atomic E-state index is 0.368. The summed E-state index contributed by atoms with van der Waals surface area (Å²) in [4.78, 5) is 0. The van der Waals surface area contributed by atoms with Crippen molar-refractivity contribution in [2.45, 2.75) is 57.2 Å². The predicted octanol–water partition coefficient (Wildman–Crippen LogP) is 6.75. The average Bonchev–Trinajstić information content (AvgIpc) is 2.66. The van der Waals surface area contributed by atoms with Gasteiger partial charge < -0.3 is 0 Å². The van der Waals surface area contributed by atoms with Crippen LogP contribution < -0.4 is 0 Å². The monoisotopic (exact) mass is 376 g/mol. The third-order valence-corrected chi connectivity index (χ3v) is 9.47. The minimum Gasteiger partial charge on any atom is -0.204 e. The lowest BCUT2D eigenvalue weighted by molar-refractivity contribution is 0.437. The first-order valence-corrected chi connectivity index (χ1v) is 12.3. The van der Waals surface area contributed by atoms with Crippen LogP contribution in [0.15, 0.2) is 36.4 Å². The van der Waals surface area contributed by atoms with Crippen molar-refractivity contribution in [2.24, 2.45) is 5.92 Å². The van der Waals surface area contributed by atoms with E-state index in [0.717, 1.165) is 24.5 Å². The smallest absolute Gasteiger partial charge is 0.194 e. The van der Waals surface area contributed by atoms with Crippen LogP contribution in [0.1, 0.15) is 38.2 Å². The summed E-state index contributed by atoms with van der Waals surface area (Å²) in [7, 11) is -0.405. The number of hydrogen-bond acceptors (Lipinski definition) is 0. The van der Waals surface area contributed by atoms with Crippen LogP contribution in [-0.4, -0.2) is 8.80 Å². The first kappa shape index (κ1) is 19.2. The van der Waals surface area contributed by atoms with Crippen molar-refractivity contribution < 1.29 is 13.2 Å². The lowest BCUT2D eigenvalue weighted by Gasteiger charge is -2.27. The maximum Gasteiger partial charge on any atom is 0.194 e. The molecule has 0 bridgehead atoms. The van der Waals surface area contributed by atoms with Gasteiger partial charge in [0.05, 0.1) is 0 Å². The Hall–Kier alpha value is -1.55. The van der Waals surface area contributed by atoms with Gasteiger partial charge >= 0.3 is 0 Å². The zero-order valence-corrected chi connectivity index (χ0v) is 16.6. The van der Waals surface area contributed by atoms with E-state index in [1.165, 1.54) is 49.4 Å². The molecule has 3 rings (SSSR count). The number of aryl methyl sites for hydroxylation is 1. The largest absolute Gasteiger partial charge is 0.204 e. The van der Waals surface area contributed by atoms with E-state index in [1.807, 2.05) is 24.3 Å². The molecule has 1 heterocycles. The van der Waals surface area contributed by atoms with Gasteiger partial charge in [-0.2, -0.15) is 0 Å². The molecule has 140 valence electrons. The van der Waals surface area contributed by atoms with Crippen molar-refractivity contribution in [3.05, 3.63) is 59.4 Å². The molecule has 1 aliphatic rings. The Morgan fingerprint density at radius 3 is 2.12 bits per heavy atom. The summed E-state index contributed by atoms with van der Waals surface area (Å²) in [6.07, 6.45) is 6.45. The highest BCUT2D eigenvalue weighted by molar-refractivity contribution is 6.58. The quantitative estimate of drug-likeness (QED) is 0.386. The Morgan fingerprint density at radius 2 is 1.54 bits per heavy atom. The van der Waals surface area contributed by atoms with Gasteiger partial charge in [0.2, 0.25) is 0 Å². The second-order valence-electron chi connectivity index (χ2n) is 7.66. The molecule has 0 unspecified atom stereocenters. The summed E-state index contributed by atoms with van der Waals surface area (Å²) in [5.41, 5.74) is 2.33. The van der Waals surface area contributed by atoms with Crippen molar-refractivity contribution >= 4 is 8.80 Å². The second kappa shape index (κ2) is 8.89. The van der Waals surface area contributed by atoms with Crippen molar-refractivity contribution in [1.82, 2.24) is 0 Å². The van der Waals surface area contributed by atoms with Crippen LogP contribution in [0.5, 0.6) is 0 Å². The van der Waals surface area contributed by atoms with Gasteiger partial charge in [-0.1, -0.05) is 68.6 Å². The fourth-order valence-corrected chi connectivity index (χ4v) is 7.74. The second-order valence-corrected chi connectivity index (χ2v) is 11.1. The molecule has 2 aromatic rings. The summed E-state index contributed by atoms with van der Waals surface area (Å²) >= 11 is 0. The third kappa shape index (κ3) is 4.79. The Labute approximate surface area is 156 Å². The molecule has 26 heavy (non-hydrogen) atoms. The zero-order valence-electron chi connectivity index (χ0n) is 15.4. The van der Waals surface area contributed by atoms with Gasteiger partial charge in [0.25, 0.3) is 0 Å². The van der Waals surface area contributed by atoms with Crippen molar-refractivity contribution in [1.29, 1.82) is 0 Å². The van der Waals surface area contributed by atoms with Crippen LogP contribution in [0, 0.1) is 23.4 Å². The van der Waals surface area contributed by atoms with Crippen LogP contribution in [0.3, 0.4) is 0 Å². The van der Waals surface area contributed by atoms with Gasteiger partial charge in [-0.15, -0.1) is 0 Å². The van der Waals surface area contributed by atoms with E-state index in [4.69, 9.17) is 0 Å². The van der Waals surface area contributed by atoms with Gasteiger partial charge in [-0.3, -0.25) is 0 Å². The van der Waals surface area contributed by atoms with E-state index >= 15 is 0 Å². The molecule has 2 aromatic carbocycles. The highest BCUT2D eigenvalue weighted by Crippen LogP contribution is 2.31. The topological polar surface area (TPSA) is 0 Å². The van der Waals surface area contributed by atoms with Crippen molar-refractivity contribution in [3.8, 4) is 11.1 Å². The lowest BCUT2D eigenvalue weighted by atomic mass is 9.93. The van der Waals surface area contributed by atoms with Gasteiger partial charge in [-0.05, 0) is 47.6 Å². The summed E-state index contributed by atoms with van der Waals surface area (Å²) in [6.45, 7) is 2.30. The van der Waals surface area contributed by atoms with Gasteiger partial charge in [0, 0.05) is 8.80 Å². The van der Waals surface area contributed by atoms with E-state index in [1.54, 1.807) is 0 Å². The molecular formula is C22H27F3Si. The standard InChI is InChI=1S/C22H27F3Si/c1-2-11-26-12-9-17(10-13-26)4-3-16-5-7-18(8-6-16)19-14-20(23)22(25)21(24)15-19/h5-8,14-15,17,26H,2-4,9-13H2,1H3. The maximum absolute atomic E-state index is 13.4. The highest BCUT2D eigenvalue weighted by atomic mass is 28.3. The van der Waals surface area contributed by atoms with Crippen LogP contribution in [0.4, 0.5) is 13.2 Å². The third-order valence-electron chi connectivity index (χ3n) is 5.78. The molecule has 0 N–H and O–H groups in total. The molecule has 0 radical (unpaired) electrons. The molecule has 1 saturated heterocycles. The average molecular weight is 377 g/mol. The SMILES string of the molecule is CCC[SiH]1CCC(CCc2ccc(-c3cc(F)c(F)c(F)c3)cc2)CC1. The summed E-state index contributed by atoms with van der Waals surface area (Å²) in [6, 6.07) is 14.4. The van der Waals surface area contributed by atoms with Crippen LogP contribution >= 0.6 is 0 Å². The molecule has 0 aliphatic carbocycles. The maximum atomic E-state index is 13.4. The first-order chi connectivity index (χ1) is 12.6. The minimum atomic E-state index is -1.41. The molecule has 0 spiro atoms. The van der Waals surface area contributed by atoms with E-state index in [2.05, 4.69) is 6.92 Å². The van der Waals surface area contributed by atoms with Gasteiger partial charge in [-0.25, -0.2) is 13.2 Å². The number of rotatable bonds is 6. The number of benzene rings is 2.